The maximum absolute atomic E-state index is 5.54. The van der Waals surface area contributed by atoms with Gasteiger partial charge in [-0.1, -0.05) is 12.1 Å². The number of benzene rings is 1. The van der Waals surface area contributed by atoms with Crippen molar-refractivity contribution in [1.29, 1.82) is 0 Å². The lowest BCUT2D eigenvalue weighted by molar-refractivity contribution is 0.209. The predicted molar refractivity (Wildman–Crippen MR) is 127 cm³/mol. The number of fused-ring (bicyclic) bond motifs is 1. The van der Waals surface area contributed by atoms with Gasteiger partial charge in [-0.15, -0.1) is 0 Å². The van der Waals surface area contributed by atoms with E-state index in [0.717, 1.165) is 65.8 Å². The van der Waals surface area contributed by atoms with Gasteiger partial charge in [0.2, 0.25) is 0 Å². The van der Waals surface area contributed by atoms with E-state index < -0.39 is 0 Å². The summed E-state index contributed by atoms with van der Waals surface area (Å²) in [5.41, 5.74) is 6.14. The summed E-state index contributed by atoms with van der Waals surface area (Å²) < 4.78 is 5.54. The van der Waals surface area contributed by atoms with Gasteiger partial charge in [-0.25, -0.2) is 9.97 Å². The number of hydrogen-bond donors (Lipinski definition) is 0. The molecule has 0 spiro atoms. The number of aromatic nitrogens is 3. The zero-order valence-electron chi connectivity index (χ0n) is 18.8. The average Bonchev–Trinajstić information content (AvgIpc) is 3.27. The fraction of sp³-hybridized carbons (Fsp3) is 0.360. The summed E-state index contributed by atoms with van der Waals surface area (Å²) in [6.45, 7) is 9.23. The number of methoxy groups -OCH3 is 1. The van der Waals surface area contributed by atoms with Crippen molar-refractivity contribution in [3.05, 3.63) is 65.9 Å². The standard InChI is InChI=1S/C25H28N6O/c1-17(2)30-8-10-31(11-9-30)24-13-22(28-16-29-24)25-20-12-18(4-5-19(20)14-27-25)21-15-26-7-6-23(21)32-3/h4-7,12-13,15-17H,8-11,14H2,1-3H3. The third-order valence-corrected chi connectivity index (χ3v) is 6.35. The fourth-order valence-corrected chi connectivity index (χ4v) is 4.46. The number of ether oxygens (including phenoxy) is 1. The summed E-state index contributed by atoms with van der Waals surface area (Å²) in [5, 5.41) is 0. The molecule has 7 nitrogen and oxygen atoms in total. The Morgan fingerprint density at radius 1 is 0.969 bits per heavy atom. The number of aliphatic imine (C=N–C) groups is 1. The highest BCUT2D eigenvalue weighted by molar-refractivity contribution is 6.14. The van der Waals surface area contributed by atoms with E-state index in [1.54, 1.807) is 19.6 Å². The third kappa shape index (κ3) is 3.84. The average molecular weight is 429 g/mol. The Balaban J connectivity index is 1.43. The van der Waals surface area contributed by atoms with E-state index >= 15 is 0 Å². The molecule has 0 saturated carbocycles. The van der Waals surface area contributed by atoms with Crippen molar-refractivity contribution in [3.8, 4) is 16.9 Å². The van der Waals surface area contributed by atoms with E-state index in [1.807, 2.05) is 12.3 Å². The molecule has 0 amide bonds. The van der Waals surface area contributed by atoms with Gasteiger partial charge in [-0.3, -0.25) is 14.9 Å². The third-order valence-electron chi connectivity index (χ3n) is 6.35. The zero-order chi connectivity index (χ0) is 22.1. The van der Waals surface area contributed by atoms with E-state index in [1.165, 1.54) is 5.56 Å². The van der Waals surface area contributed by atoms with Crippen LogP contribution in [0.5, 0.6) is 5.75 Å². The molecule has 0 atom stereocenters. The molecule has 164 valence electrons. The second-order valence-electron chi connectivity index (χ2n) is 8.49. The van der Waals surface area contributed by atoms with Crippen LogP contribution in [0.1, 0.15) is 30.7 Å². The summed E-state index contributed by atoms with van der Waals surface area (Å²) in [7, 11) is 1.68. The SMILES string of the molecule is COc1ccncc1-c1ccc2c(c1)C(c1cc(N3CCN(C(C)C)CC3)ncn1)=NC2. The van der Waals surface area contributed by atoms with Crippen molar-refractivity contribution in [2.75, 3.05) is 38.2 Å². The molecule has 2 aliphatic heterocycles. The summed E-state index contributed by atoms with van der Waals surface area (Å²) in [5.74, 6) is 1.78. The maximum Gasteiger partial charge on any atom is 0.132 e. The Kier molecular flexibility index (Phi) is 5.57. The van der Waals surface area contributed by atoms with Crippen LogP contribution in [-0.2, 0) is 6.54 Å². The first-order chi connectivity index (χ1) is 15.6. The smallest absolute Gasteiger partial charge is 0.132 e. The van der Waals surface area contributed by atoms with Crippen molar-refractivity contribution in [2.24, 2.45) is 4.99 Å². The minimum atomic E-state index is 0.579. The van der Waals surface area contributed by atoms with Crippen molar-refractivity contribution in [1.82, 2.24) is 19.9 Å². The second kappa shape index (κ2) is 8.67. The molecular weight excluding hydrogens is 400 g/mol. The number of hydrogen-bond acceptors (Lipinski definition) is 7. The molecule has 3 aromatic rings. The van der Waals surface area contributed by atoms with Crippen LogP contribution in [0.3, 0.4) is 0 Å². The summed E-state index contributed by atoms with van der Waals surface area (Å²) in [6, 6.07) is 11.0. The normalized spacial score (nSPS) is 16.2. The van der Waals surface area contributed by atoms with Gasteiger partial charge < -0.3 is 9.64 Å². The summed E-state index contributed by atoms with van der Waals surface area (Å²) in [6.07, 6.45) is 5.24. The van der Waals surface area contributed by atoms with Crippen LogP contribution in [-0.4, -0.2) is 64.9 Å². The van der Waals surface area contributed by atoms with Gasteiger partial charge in [0.1, 0.15) is 17.9 Å². The molecule has 1 aromatic carbocycles. The lowest BCUT2D eigenvalue weighted by Gasteiger charge is -2.37. The van der Waals surface area contributed by atoms with Crippen molar-refractivity contribution in [3.63, 3.8) is 0 Å². The minimum absolute atomic E-state index is 0.579. The molecule has 2 aliphatic rings. The van der Waals surface area contributed by atoms with E-state index in [-0.39, 0.29) is 0 Å². The first-order valence-corrected chi connectivity index (χ1v) is 11.1. The van der Waals surface area contributed by atoms with Crippen LogP contribution >= 0.6 is 0 Å². The Bertz CT molecular complexity index is 1150. The van der Waals surface area contributed by atoms with Crippen LogP contribution in [0.25, 0.3) is 11.1 Å². The highest BCUT2D eigenvalue weighted by Crippen LogP contribution is 2.33. The van der Waals surface area contributed by atoms with Gasteiger partial charge >= 0.3 is 0 Å². The number of piperazine rings is 1. The van der Waals surface area contributed by atoms with E-state index in [4.69, 9.17) is 9.73 Å². The molecule has 4 heterocycles. The van der Waals surface area contributed by atoms with E-state index in [2.05, 4.69) is 62.9 Å². The number of nitrogens with zero attached hydrogens (tertiary/aromatic N) is 6. The lowest BCUT2D eigenvalue weighted by Crippen LogP contribution is -2.49. The number of anilines is 1. The van der Waals surface area contributed by atoms with Crippen LogP contribution < -0.4 is 9.64 Å². The first-order valence-electron chi connectivity index (χ1n) is 11.1. The van der Waals surface area contributed by atoms with Gasteiger partial charge in [0.15, 0.2) is 0 Å². The molecule has 0 unspecified atom stereocenters. The highest BCUT2D eigenvalue weighted by atomic mass is 16.5. The Labute approximate surface area is 188 Å². The molecule has 0 N–H and O–H groups in total. The molecule has 32 heavy (non-hydrogen) atoms. The maximum atomic E-state index is 5.54. The number of pyridine rings is 1. The largest absolute Gasteiger partial charge is 0.496 e. The molecule has 5 rings (SSSR count). The topological polar surface area (TPSA) is 66.7 Å². The van der Waals surface area contributed by atoms with Crippen LogP contribution in [0, 0.1) is 0 Å². The van der Waals surface area contributed by atoms with Crippen LogP contribution in [0.15, 0.2) is 54.0 Å². The van der Waals surface area contributed by atoms with Crippen molar-refractivity contribution >= 4 is 11.5 Å². The van der Waals surface area contributed by atoms with Crippen LogP contribution in [0.2, 0.25) is 0 Å². The number of rotatable bonds is 5. The quantitative estimate of drug-likeness (QED) is 0.620. The first kappa shape index (κ1) is 20.6. The van der Waals surface area contributed by atoms with Gasteiger partial charge in [-0.05, 0) is 37.1 Å². The molecular formula is C25H28N6O. The van der Waals surface area contributed by atoms with Crippen molar-refractivity contribution in [2.45, 2.75) is 26.4 Å². The van der Waals surface area contributed by atoms with E-state index in [9.17, 15) is 0 Å². The lowest BCUT2D eigenvalue weighted by atomic mass is 9.97. The second-order valence-corrected chi connectivity index (χ2v) is 8.49. The van der Waals surface area contributed by atoms with E-state index in [0.29, 0.717) is 12.6 Å². The molecule has 0 bridgehead atoms. The molecule has 1 saturated heterocycles. The molecule has 0 radical (unpaired) electrons. The zero-order valence-corrected chi connectivity index (χ0v) is 18.8. The fourth-order valence-electron chi connectivity index (χ4n) is 4.46. The highest BCUT2D eigenvalue weighted by Gasteiger charge is 2.23. The van der Waals surface area contributed by atoms with Crippen LogP contribution in [0.4, 0.5) is 5.82 Å². The van der Waals surface area contributed by atoms with Gasteiger partial charge in [0, 0.05) is 61.8 Å². The van der Waals surface area contributed by atoms with Gasteiger partial charge in [0.05, 0.1) is 25.1 Å². The Hall–Kier alpha value is -3.32. The Morgan fingerprint density at radius 2 is 1.81 bits per heavy atom. The van der Waals surface area contributed by atoms with Gasteiger partial charge in [-0.2, -0.15) is 0 Å². The molecule has 2 aromatic heterocycles. The predicted octanol–water partition coefficient (Wildman–Crippen LogP) is 3.43. The summed E-state index contributed by atoms with van der Waals surface area (Å²) in [4.78, 5) is 23.1. The monoisotopic (exact) mass is 428 g/mol. The molecule has 7 heteroatoms. The Morgan fingerprint density at radius 3 is 2.59 bits per heavy atom. The summed E-state index contributed by atoms with van der Waals surface area (Å²) >= 11 is 0. The van der Waals surface area contributed by atoms with Crippen molar-refractivity contribution < 1.29 is 4.74 Å². The molecule has 0 aliphatic carbocycles. The van der Waals surface area contributed by atoms with Gasteiger partial charge in [0.25, 0.3) is 0 Å². The minimum Gasteiger partial charge on any atom is -0.496 e. The molecule has 1 fully saturated rings.